The largest absolute Gasteiger partial charge is 0.372 e. The van der Waals surface area contributed by atoms with Crippen LogP contribution in [-0.4, -0.2) is 42.8 Å². The number of morpholine rings is 1. The summed E-state index contributed by atoms with van der Waals surface area (Å²) < 4.78 is 5.93. The Kier molecular flexibility index (Phi) is 3.87. The van der Waals surface area contributed by atoms with E-state index in [0.717, 1.165) is 19.6 Å². The summed E-state index contributed by atoms with van der Waals surface area (Å²) >= 11 is 0. The third-order valence-electron chi connectivity index (χ3n) is 4.68. The van der Waals surface area contributed by atoms with E-state index in [9.17, 15) is 0 Å². The van der Waals surface area contributed by atoms with Crippen LogP contribution in [0.5, 0.6) is 0 Å². The van der Waals surface area contributed by atoms with Crippen LogP contribution in [0.25, 0.3) is 0 Å². The van der Waals surface area contributed by atoms with Gasteiger partial charge in [0.05, 0.1) is 12.2 Å². The molecular formula is C16H24N2O. The Labute approximate surface area is 115 Å². The zero-order chi connectivity index (χ0) is 13.2. The quantitative estimate of drug-likeness (QED) is 0.899. The van der Waals surface area contributed by atoms with Gasteiger partial charge in [0.1, 0.15) is 0 Å². The number of nitrogens with zero attached hydrogens (tertiary/aromatic N) is 1. The summed E-state index contributed by atoms with van der Waals surface area (Å²) in [6.07, 6.45) is 3.32. The molecule has 0 aliphatic carbocycles. The molecule has 2 bridgehead atoms. The van der Waals surface area contributed by atoms with Crippen molar-refractivity contribution in [1.29, 1.82) is 0 Å². The number of likely N-dealkylation sites (tertiary alicyclic amines) is 1. The molecule has 1 aromatic rings. The average molecular weight is 260 g/mol. The highest BCUT2D eigenvalue weighted by Gasteiger charge is 2.37. The molecule has 0 amide bonds. The van der Waals surface area contributed by atoms with Crippen LogP contribution in [0.1, 0.15) is 31.2 Å². The number of hydrogen-bond acceptors (Lipinski definition) is 3. The first-order chi connectivity index (χ1) is 9.28. The lowest BCUT2D eigenvalue weighted by Crippen LogP contribution is -2.52. The van der Waals surface area contributed by atoms with E-state index in [2.05, 4.69) is 42.2 Å². The molecule has 104 valence electrons. The molecule has 2 aliphatic heterocycles. The fourth-order valence-corrected chi connectivity index (χ4v) is 3.57. The van der Waals surface area contributed by atoms with Gasteiger partial charge in [0.25, 0.3) is 0 Å². The van der Waals surface area contributed by atoms with E-state index in [-0.39, 0.29) is 0 Å². The van der Waals surface area contributed by atoms with E-state index in [1.807, 2.05) is 0 Å². The van der Waals surface area contributed by atoms with Gasteiger partial charge in [0.15, 0.2) is 0 Å². The average Bonchev–Trinajstić information content (AvgIpc) is 2.79. The maximum atomic E-state index is 6.07. The maximum Gasteiger partial charge on any atom is 0.0707 e. The van der Waals surface area contributed by atoms with Crippen LogP contribution in [-0.2, 0) is 4.74 Å². The van der Waals surface area contributed by atoms with Crippen molar-refractivity contribution in [3.63, 3.8) is 0 Å². The lowest BCUT2D eigenvalue weighted by molar-refractivity contribution is -0.0543. The Bertz CT molecular complexity index is 396. The molecule has 19 heavy (non-hydrogen) atoms. The molecule has 0 aromatic heterocycles. The lowest BCUT2D eigenvalue weighted by Gasteiger charge is -2.40. The van der Waals surface area contributed by atoms with E-state index in [0.29, 0.717) is 24.2 Å². The predicted molar refractivity (Wildman–Crippen MR) is 77.2 cm³/mol. The molecular weight excluding hydrogens is 236 g/mol. The summed E-state index contributed by atoms with van der Waals surface area (Å²) in [6, 6.07) is 11.1. The fraction of sp³-hybridized carbons (Fsp3) is 0.625. The third-order valence-corrected chi connectivity index (χ3v) is 4.68. The van der Waals surface area contributed by atoms with Gasteiger partial charge in [-0.1, -0.05) is 37.3 Å². The predicted octanol–water partition coefficient (Wildman–Crippen LogP) is 1.98. The van der Waals surface area contributed by atoms with Crippen molar-refractivity contribution < 1.29 is 4.74 Å². The summed E-state index contributed by atoms with van der Waals surface area (Å²) in [5.41, 5.74) is 7.46. The van der Waals surface area contributed by atoms with Crippen molar-refractivity contribution in [3.05, 3.63) is 35.9 Å². The Morgan fingerprint density at radius 2 is 1.84 bits per heavy atom. The lowest BCUT2D eigenvalue weighted by atomic mass is 9.91. The molecule has 3 nitrogen and oxygen atoms in total. The highest BCUT2D eigenvalue weighted by Crippen LogP contribution is 2.31. The topological polar surface area (TPSA) is 38.5 Å². The first-order valence-electron chi connectivity index (χ1n) is 7.42. The van der Waals surface area contributed by atoms with Crippen molar-refractivity contribution >= 4 is 0 Å². The van der Waals surface area contributed by atoms with Gasteiger partial charge >= 0.3 is 0 Å². The zero-order valence-corrected chi connectivity index (χ0v) is 11.7. The number of nitrogens with two attached hydrogens (primary N) is 1. The molecule has 2 fully saturated rings. The molecule has 0 radical (unpaired) electrons. The fourth-order valence-electron chi connectivity index (χ4n) is 3.57. The van der Waals surface area contributed by atoms with Crippen LogP contribution < -0.4 is 5.73 Å². The van der Waals surface area contributed by atoms with Crippen LogP contribution in [0.3, 0.4) is 0 Å². The Morgan fingerprint density at radius 3 is 2.42 bits per heavy atom. The van der Waals surface area contributed by atoms with Gasteiger partial charge in [-0.25, -0.2) is 0 Å². The van der Waals surface area contributed by atoms with E-state index < -0.39 is 0 Å². The highest BCUT2D eigenvalue weighted by molar-refractivity contribution is 5.21. The first kappa shape index (κ1) is 13.1. The van der Waals surface area contributed by atoms with Gasteiger partial charge in [-0.05, 0) is 24.3 Å². The van der Waals surface area contributed by atoms with Crippen LogP contribution in [0.2, 0.25) is 0 Å². The molecule has 2 N–H and O–H groups in total. The Morgan fingerprint density at radius 1 is 1.21 bits per heavy atom. The molecule has 2 saturated heterocycles. The maximum absolute atomic E-state index is 6.07. The monoisotopic (exact) mass is 260 g/mol. The molecule has 0 saturated carbocycles. The molecule has 0 spiro atoms. The number of rotatable bonds is 4. The van der Waals surface area contributed by atoms with Crippen molar-refractivity contribution in [2.45, 2.75) is 43.9 Å². The third kappa shape index (κ3) is 2.69. The molecule has 2 aliphatic rings. The van der Waals surface area contributed by atoms with Crippen molar-refractivity contribution in [3.8, 4) is 0 Å². The minimum Gasteiger partial charge on any atom is -0.372 e. The van der Waals surface area contributed by atoms with Crippen LogP contribution >= 0.6 is 0 Å². The van der Waals surface area contributed by atoms with E-state index in [1.165, 1.54) is 18.4 Å². The highest BCUT2D eigenvalue weighted by atomic mass is 16.5. The van der Waals surface area contributed by atoms with Gasteiger partial charge in [0.2, 0.25) is 0 Å². The first-order valence-corrected chi connectivity index (χ1v) is 7.42. The smallest absolute Gasteiger partial charge is 0.0707 e. The second kappa shape index (κ2) is 5.61. The van der Waals surface area contributed by atoms with Gasteiger partial charge in [0, 0.05) is 25.7 Å². The molecule has 1 aromatic carbocycles. The summed E-state index contributed by atoms with van der Waals surface area (Å²) in [5, 5.41) is 0. The number of benzene rings is 1. The summed E-state index contributed by atoms with van der Waals surface area (Å²) in [6.45, 7) is 5.12. The minimum absolute atomic E-state index is 0.425. The van der Waals surface area contributed by atoms with Crippen molar-refractivity contribution in [1.82, 2.24) is 4.90 Å². The molecule has 3 rings (SSSR count). The van der Waals surface area contributed by atoms with Crippen LogP contribution in [0, 0.1) is 0 Å². The van der Waals surface area contributed by atoms with Gasteiger partial charge in [-0.2, -0.15) is 0 Å². The summed E-state index contributed by atoms with van der Waals surface area (Å²) in [5.74, 6) is 0.476. The molecule has 4 atom stereocenters. The van der Waals surface area contributed by atoms with Crippen molar-refractivity contribution in [2.75, 3.05) is 19.6 Å². The van der Waals surface area contributed by atoms with E-state index >= 15 is 0 Å². The standard InChI is InChI=1S/C16H24N2O/c1-12(13-5-3-2-4-6-13)16(9-17)18-10-14-7-8-15(11-18)19-14/h2-6,12,14-16H,7-11,17H2,1H3. The van der Waals surface area contributed by atoms with E-state index in [4.69, 9.17) is 10.5 Å². The molecule has 3 heteroatoms. The van der Waals surface area contributed by atoms with Crippen LogP contribution in [0.4, 0.5) is 0 Å². The SMILES string of the molecule is CC(c1ccccc1)C(CN)N1CC2CCC(C1)O2. The van der Waals surface area contributed by atoms with E-state index in [1.54, 1.807) is 0 Å². The summed E-state index contributed by atoms with van der Waals surface area (Å²) in [4.78, 5) is 2.56. The second-order valence-electron chi connectivity index (χ2n) is 5.91. The Balaban J connectivity index is 1.73. The Hall–Kier alpha value is -0.900. The summed E-state index contributed by atoms with van der Waals surface area (Å²) in [7, 11) is 0. The van der Waals surface area contributed by atoms with Gasteiger partial charge < -0.3 is 10.5 Å². The second-order valence-corrected chi connectivity index (χ2v) is 5.91. The number of ether oxygens (including phenoxy) is 1. The molecule has 2 heterocycles. The normalized spacial score (nSPS) is 30.2. The van der Waals surface area contributed by atoms with Crippen LogP contribution in [0.15, 0.2) is 30.3 Å². The van der Waals surface area contributed by atoms with Crippen molar-refractivity contribution in [2.24, 2.45) is 5.73 Å². The van der Waals surface area contributed by atoms with Gasteiger partial charge in [-0.15, -0.1) is 0 Å². The zero-order valence-electron chi connectivity index (χ0n) is 11.7. The van der Waals surface area contributed by atoms with Gasteiger partial charge in [-0.3, -0.25) is 4.90 Å². The number of hydrogen-bond donors (Lipinski definition) is 1. The molecule has 4 unspecified atom stereocenters. The minimum atomic E-state index is 0.425. The number of fused-ring (bicyclic) bond motifs is 2.